The van der Waals surface area contributed by atoms with Gasteiger partial charge in [0.05, 0.1) is 35.4 Å². The van der Waals surface area contributed by atoms with Gasteiger partial charge in [-0.25, -0.2) is 4.98 Å². The Hall–Kier alpha value is -3.01. The summed E-state index contributed by atoms with van der Waals surface area (Å²) < 4.78 is 5.70. The molecular formula is C28H29N3O2S. The minimum absolute atomic E-state index is 0.107. The molecule has 1 saturated heterocycles. The van der Waals surface area contributed by atoms with E-state index in [9.17, 15) is 4.79 Å². The van der Waals surface area contributed by atoms with Crippen LogP contribution in [0.4, 0.5) is 0 Å². The molecule has 5 rings (SSSR count). The van der Waals surface area contributed by atoms with Crippen LogP contribution in [0.1, 0.15) is 74.8 Å². The third-order valence-electron chi connectivity index (χ3n) is 7.12. The molecule has 1 amide bonds. The maximum atomic E-state index is 13.5. The predicted molar refractivity (Wildman–Crippen MR) is 134 cm³/mol. The summed E-state index contributed by atoms with van der Waals surface area (Å²) in [6, 6.07) is 14.2. The first-order valence-corrected chi connectivity index (χ1v) is 12.7. The molecule has 2 aliphatic heterocycles. The number of nitrogens with zero attached hydrogens (tertiary/aromatic N) is 3. The van der Waals surface area contributed by atoms with Crippen LogP contribution in [0, 0.1) is 25.2 Å². The molecule has 1 atom stereocenters. The zero-order valence-corrected chi connectivity index (χ0v) is 20.7. The van der Waals surface area contributed by atoms with E-state index in [2.05, 4.69) is 44.2 Å². The molecular weight excluding hydrogens is 442 g/mol. The number of nitriles is 1. The molecule has 1 fully saturated rings. The minimum Gasteiger partial charge on any atom is -0.375 e. The van der Waals surface area contributed by atoms with Crippen LogP contribution >= 0.6 is 11.3 Å². The lowest BCUT2D eigenvalue weighted by atomic mass is 9.88. The highest BCUT2D eigenvalue weighted by Crippen LogP contribution is 2.37. The van der Waals surface area contributed by atoms with Crippen LogP contribution in [-0.2, 0) is 11.3 Å². The van der Waals surface area contributed by atoms with E-state index in [1.807, 2.05) is 24.0 Å². The number of rotatable bonds is 3. The molecule has 3 aromatic rings. The molecule has 0 bridgehead atoms. The van der Waals surface area contributed by atoms with Crippen LogP contribution in [-0.4, -0.2) is 35.5 Å². The quantitative estimate of drug-likeness (QED) is 0.473. The number of ether oxygens (including phenoxy) is 1. The van der Waals surface area contributed by atoms with E-state index in [1.54, 1.807) is 11.3 Å². The van der Waals surface area contributed by atoms with E-state index in [-0.39, 0.29) is 5.91 Å². The number of likely N-dealkylation sites (tertiary alicyclic amines) is 1. The highest BCUT2D eigenvalue weighted by Gasteiger charge is 2.27. The van der Waals surface area contributed by atoms with E-state index in [0.717, 1.165) is 58.9 Å². The molecule has 174 valence electrons. The first-order valence-electron chi connectivity index (χ1n) is 11.9. The van der Waals surface area contributed by atoms with Crippen LogP contribution in [0.3, 0.4) is 0 Å². The molecule has 6 heteroatoms. The smallest absolute Gasteiger partial charge is 0.254 e. The molecule has 3 heterocycles. The Morgan fingerprint density at radius 1 is 1.15 bits per heavy atom. The van der Waals surface area contributed by atoms with E-state index >= 15 is 0 Å². The summed E-state index contributed by atoms with van der Waals surface area (Å²) in [6.45, 7) is 9.10. The Morgan fingerprint density at radius 3 is 2.56 bits per heavy atom. The number of amides is 1. The van der Waals surface area contributed by atoms with Crippen molar-refractivity contribution in [1.82, 2.24) is 9.88 Å². The summed E-state index contributed by atoms with van der Waals surface area (Å²) in [6.07, 6.45) is 1.87. The predicted octanol–water partition coefficient (Wildman–Crippen LogP) is 5.95. The highest BCUT2D eigenvalue weighted by atomic mass is 32.1. The van der Waals surface area contributed by atoms with Gasteiger partial charge >= 0.3 is 0 Å². The van der Waals surface area contributed by atoms with Gasteiger partial charge in [0.25, 0.3) is 5.91 Å². The van der Waals surface area contributed by atoms with Gasteiger partial charge in [-0.05, 0) is 67.5 Å². The third-order valence-corrected chi connectivity index (χ3v) is 8.20. The molecule has 2 aromatic carbocycles. The summed E-state index contributed by atoms with van der Waals surface area (Å²) in [4.78, 5) is 21.7. The summed E-state index contributed by atoms with van der Waals surface area (Å²) in [5.74, 6) is 0.838. The largest absolute Gasteiger partial charge is 0.375 e. The van der Waals surface area contributed by atoms with Gasteiger partial charge in [0, 0.05) is 30.1 Å². The summed E-state index contributed by atoms with van der Waals surface area (Å²) in [7, 11) is 0. The number of fused-ring (bicyclic) bond motifs is 1. The lowest BCUT2D eigenvalue weighted by Crippen LogP contribution is -2.38. The van der Waals surface area contributed by atoms with Gasteiger partial charge in [-0.1, -0.05) is 25.1 Å². The number of hydrogen-bond acceptors (Lipinski definition) is 5. The summed E-state index contributed by atoms with van der Waals surface area (Å²) in [5.41, 5.74) is 7.06. The normalized spacial score (nSPS) is 18.4. The fourth-order valence-electron chi connectivity index (χ4n) is 5.10. The lowest BCUT2D eigenvalue weighted by Gasteiger charge is -2.32. The Balaban J connectivity index is 1.35. The standard InChI is InChI=1S/C28H29N3O2S/c1-17-12-18(2)24(13-23(17)27-30-26-19(3)15-33-16-25(26)34-27)28(32)31-10-8-22(9-11-31)21-6-4-20(14-29)5-7-21/h4-7,12-13,19,22H,8-11,15-16H2,1-3H3. The van der Waals surface area contributed by atoms with Gasteiger partial charge in [-0.2, -0.15) is 5.26 Å². The van der Waals surface area contributed by atoms with Crippen molar-refractivity contribution < 1.29 is 9.53 Å². The molecule has 0 radical (unpaired) electrons. The van der Waals surface area contributed by atoms with Crippen molar-refractivity contribution in [3.8, 4) is 16.6 Å². The Kier molecular flexibility index (Phi) is 6.24. The van der Waals surface area contributed by atoms with Crippen LogP contribution < -0.4 is 0 Å². The van der Waals surface area contributed by atoms with E-state index in [4.69, 9.17) is 15.0 Å². The average Bonchev–Trinajstić information content (AvgIpc) is 3.29. The van der Waals surface area contributed by atoms with Crippen LogP contribution in [0.5, 0.6) is 0 Å². The summed E-state index contributed by atoms with van der Waals surface area (Å²) >= 11 is 1.69. The van der Waals surface area contributed by atoms with Crippen molar-refractivity contribution in [1.29, 1.82) is 5.26 Å². The zero-order chi connectivity index (χ0) is 23.8. The molecule has 2 aliphatic rings. The minimum atomic E-state index is 0.107. The highest BCUT2D eigenvalue weighted by molar-refractivity contribution is 7.15. The molecule has 0 saturated carbocycles. The number of hydrogen-bond donors (Lipinski definition) is 0. The fourth-order valence-corrected chi connectivity index (χ4v) is 6.30. The van der Waals surface area contributed by atoms with E-state index in [0.29, 0.717) is 30.6 Å². The Bertz CT molecular complexity index is 1260. The monoisotopic (exact) mass is 471 g/mol. The van der Waals surface area contributed by atoms with Crippen LogP contribution in [0.15, 0.2) is 36.4 Å². The van der Waals surface area contributed by atoms with Crippen molar-refractivity contribution in [3.63, 3.8) is 0 Å². The number of carbonyl (C=O) groups excluding carboxylic acids is 1. The molecule has 1 aromatic heterocycles. The van der Waals surface area contributed by atoms with Crippen molar-refractivity contribution >= 4 is 17.2 Å². The van der Waals surface area contributed by atoms with Crippen molar-refractivity contribution in [3.05, 3.63) is 74.8 Å². The lowest BCUT2D eigenvalue weighted by molar-refractivity contribution is 0.0712. The topological polar surface area (TPSA) is 66.2 Å². The second-order valence-electron chi connectivity index (χ2n) is 9.53. The second-order valence-corrected chi connectivity index (χ2v) is 10.6. The third kappa shape index (κ3) is 4.26. The maximum Gasteiger partial charge on any atom is 0.254 e. The number of aromatic nitrogens is 1. The summed E-state index contributed by atoms with van der Waals surface area (Å²) in [5, 5.41) is 10.0. The van der Waals surface area contributed by atoms with Gasteiger partial charge in [-0.15, -0.1) is 11.3 Å². The number of carbonyl (C=O) groups is 1. The van der Waals surface area contributed by atoms with Gasteiger partial charge < -0.3 is 9.64 Å². The first kappa shape index (κ1) is 22.8. The molecule has 0 spiro atoms. The number of piperidine rings is 1. The van der Waals surface area contributed by atoms with Crippen molar-refractivity contribution in [2.45, 2.75) is 52.1 Å². The van der Waals surface area contributed by atoms with E-state index < -0.39 is 0 Å². The van der Waals surface area contributed by atoms with Crippen molar-refractivity contribution in [2.75, 3.05) is 19.7 Å². The second kappa shape index (κ2) is 9.32. The molecule has 5 nitrogen and oxygen atoms in total. The number of thiazole rings is 1. The average molecular weight is 472 g/mol. The van der Waals surface area contributed by atoms with Crippen LogP contribution in [0.25, 0.3) is 10.6 Å². The fraction of sp³-hybridized carbons (Fsp3) is 0.393. The maximum absolute atomic E-state index is 13.5. The zero-order valence-electron chi connectivity index (χ0n) is 19.9. The SMILES string of the molecule is Cc1cc(C)c(-c2nc3c(s2)COCC3C)cc1C(=O)N1CCC(c2ccc(C#N)cc2)CC1. The van der Waals surface area contributed by atoms with Gasteiger partial charge in [0.2, 0.25) is 0 Å². The van der Waals surface area contributed by atoms with E-state index in [1.165, 1.54) is 10.4 Å². The van der Waals surface area contributed by atoms with Crippen LogP contribution in [0.2, 0.25) is 0 Å². The molecule has 34 heavy (non-hydrogen) atoms. The number of benzene rings is 2. The molecule has 1 unspecified atom stereocenters. The number of aryl methyl sites for hydroxylation is 2. The Morgan fingerprint density at radius 2 is 1.88 bits per heavy atom. The first-order chi connectivity index (χ1) is 16.4. The van der Waals surface area contributed by atoms with Gasteiger partial charge in [-0.3, -0.25) is 4.79 Å². The molecule has 0 N–H and O–H groups in total. The van der Waals surface area contributed by atoms with Crippen molar-refractivity contribution in [2.24, 2.45) is 0 Å². The molecule has 0 aliphatic carbocycles. The Labute approximate surface area is 205 Å². The van der Waals surface area contributed by atoms with Gasteiger partial charge in [0.15, 0.2) is 0 Å². The van der Waals surface area contributed by atoms with Gasteiger partial charge in [0.1, 0.15) is 5.01 Å².